The maximum atomic E-state index is 11.1. The highest BCUT2D eigenvalue weighted by Crippen LogP contribution is 2.26. The lowest BCUT2D eigenvalue weighted by Crippen LogP contribution is -2.49. The second-order valence-corrected chi connectivity index (χ2v) is 15.8. The minimum atomic E-state index is -1.11. The van der Waals surface area contributed by atoms with Gasteiger partial charge in [0.1, 0.15) is 18.7 Å². The van der Waals surface area contributed by atoms with Gasteiger partial charge in [-0.2, -0.15) is 5.10 Å². The van der Waals surface area contributed by atoms with Crippen molar-refractivity contribution in [2.45, 2.75) is 45.4 Å². The molecule has 34 heavy (non-hydrogen) atoms. The van der Waals surface area contributed by atoms with Crippen LogP contribution in [0, 0.1) is 0 Å². The molecule has 3 aromatic heterocycles. The number of fused-ring (bicyclic) bond motifs is 1. The molecule has 0 aliphatic carbocycles. The Kier molecular flexibility index (Phi) is 7.34. The van der Waals surface area contributed by atoms with Crippen LogP contribution in [0.25, 0.3) is 22.3 Å². The highest BCUT2D eigenvalue weighted by atomic mass is 28.3. The molecule has 0 saturated carbocycles. The third kappa shape index (κ3) is 5.83. The van der Waals surface area contributed by atoms with Crippen molar-refractivity contribution in [3.63, 3.8) is 0 Å². The molecule has 1 aliphatic rings. The number of amides is 1. The summed E-state index contributed by atoms with van der Waals surface area (Å²) in [4.78, 5) is 23.9. The molecule has 1 atom stereocenters. The Bertz CT molecular complexity index is 1120. The van der Waals surface area contributed by atoms with Crippen molar-refractivity contribution < 1.29 is 14.6 Å². The van der Waals surface area contributed by atoms with Gasteiger partial charge >= 0.3 is 6.09 Å². The van der Waals surface area contributed by atoms with Crippen LogP contribution in [0.2, 0.25) is 25.7 Å². The van der Waals surface area contributed by atoms with E-state index in [0.29, 0.717) is 19.8 Å². The molecule has 4 rings (SSSR count). The van der Waals surface area contributed by atoms with Gasteiger partial charge in [-0.3, -0.25) is 9.58 Å². The van der Waals surface area contributed by atoms with E-state index in [9.17, 15) is 4.79 Å². The lowest BCUT2D eigenvalue weighted by Gasteiger charge is -2.34. The number of carboxylic acid groups (broad SMARTS) is 1. The third-order valence-electron chi connectivity index (χ3n) is 6.27. The molecule has 1 unspecified atom stereocenters. The summed E-state index contributed by atoms with van der Waals surface area (Å²) in [5, 5.41) is 14.7. The Balaban J connectivity index is 1.41. The van der Waals surface area contributed by atoms with E-state index in [4.69, 9.17) is 9.84 Å². The van der Waals surface area contributed by atoms with Crippen LogP contribution >= 0.6 is 0 Å². The molecule has 0 aromatic carbocycles. The van der Waals surface area contributed by atoms with Gasteiger partial charge in [0.2, 0.25) is 0 Å². The summed E-state index contributed by atoms with van der Waals surface area (Å²) in [5.41, 5.74) is 2.67. The van der Waals surface area contributed by atoms with Gasteiger partial charge in [-0.1, -0.05) is 19.6 Å². The predicted molar refractivity (Wildman–Crippen MR) is 134 cm³/mol. The number of ether oxygens (including phenoxy) is 1. The van der Waals surface area contributed by atoms with Crippen LogP contribution in [0.3, 0.4) is 0 Å². The van der Waals surface area contributed by atoms with Crippen LogP contribution in [0.5, 0.6) is 0 Å². The van der Waals surface area contributed by atoms with E-state index in [-0.39, 0.29) is 6.04 Å². The zero-order valence-corrected chi connectivity index (χ0v) is 21.5. The highest BCUT2D eigenvalue weighted by Gasteiger charge is 2.22. The lowest BCUT2D eigenvalue weighted by atomic mass is 10.2. The molecule has 3 aromatic rings. The number of piperazine rings is 1. The Hall–Kier alpha value is -2.76. The van der Waals surface area contributed by atoms with E-state index in [1.165, 1.54) is 4.90 Å². The van der Waals surface area contributed by atoms with Crippen LogP contribution in [0.4, 0.5) is 4.79 Å². The van der Waals surface area contributed by atoms with Crippen LogP contribution in [-0.2, 0) is 11.5 Å². The second-order valence-electron chi connectivity index (χ2n) is 10.2. The standard InChI is InChI=1S/C23H35N7O3Si/c1-18(14-27-7-9-28(10-8-27)23(31)32)30-15-19(13-26-30)21-20-5-6-29(22(20)25-16-24-21)17-33-11-12-34(2,3)4/h5-6,13,15-16,18H,7-12,14,17H2,1-4H3,(H,31,32). The van der Waals surface area contributed by atoms with Crippen LogP contribution in [0.1, 0.15) is 13.0 Å². The highest BCUT2D eigenvalue weighted by molar-refractivity contribution is 6.76. The molecule has 0 spiro atoms. The quantitative estimate of drug-likeness (QED) is 0.366. The number of nitrogens with zero attached hydrogens (tertiary/aromatic N) is 7. The summed E-state index contributed by atoms with van der Waals surface area (Å²) >= 11 is 0. The fraction of sp³-hybridized carbons (Fsp3) is 0.565. The van der Waals surface area contributed by atoms with E-state index in [2.05, 4.69) is 46.5 Å². The largest absolute Gasteiger partial charge is 0.465 e. The summed E-state index contributed by atoms with van der Waals surface area (Å²) in [7, 11) is -1.11. The maximum absolute atomic E-state index is 11.1. The van der Waals surface area contributed by atoms with Crippen LogP contribution in [0.15, 0.2) is 31.0 Å². The van der Waals surface area contributed by atoms with Crippen LogP contribution < -0.4 is 0 Å². The van der Waals surface area contributed by atoms with Crippen molar-refractivity contribution in [2.24, 2.45) is 0 Å². The van der Waals surface area contributed by atoms with E-state index < -0.39 is 14.2 Å². The van der Waals surface area contributed by atoms with Crippen molar-refractivity contribution >= 4 is 25.2 Å². The Morgan fingerprint density at radius 3 is 2.68 bits per heavy atom. The summed E-state index contributed by atoms with van der Waals surface area (Å²) in [5.74, 6) is 0. The van der Waals surface area contributed by atoms with Gasteiger partial charge in [-0.25, -0.2) is 14.8 Å². The zero-order valence-electron chi connectivity index (χ0n) is 20.5. The fourth-order valence-corrected chi connectivity index (χ4v) is 4.92. The second kappa shape index (κ2) is 10.2. The smallest absolute Gasteiger partial charge is 0.407 e. The SMILES string of the molecule is CC(CN1CCN(C(=O)O)CC1)n1cc(-c2ncnc3c2ccn3COCC[Si](C)(C)C)cn1. The first-order valence-corrected chi connectivity index (χ1v) is 15.5. The monoisotopic (exact) mass is 485 g/mol. The van der Waals surface area contributed by atoms with Crippen molar-refractivity contribution in [3.05, 3.63) is 31.0 Å². The molecule has 0 bridgehead atoms. The van der Waals surface area contributed by atoms with Crippen molar-refractivity contribution in [1.82, 2.24) is 34.1 Å². The van der Waals surface area contributed by atoms with Gasteiger partial charge in [-0.05, 0) is 19.0 Å². The van der Waals surface area contributed by atoms with Crippen molar-refractivity contribution in [3.8, 4) is 11.3 Å². The number of hydrogen-bond acceptors (Lipinski definition) is 6. The van der Waals surface area contributed by atoms with E-state index >= 15 is 0 Å². The Morgan fingerprint density at radius 2 is 1.97 bits per heavy atom. The number of carbonyl (C=O) groups is 1. The molecule has 1 fully saturated rings. The first kappa shape index (κ1) is 24.4. The predicted octanol–water partition coefficient (Wildman–Crippen LogP) is 3.46. The number of rotatable bonds is 9. The lowest BCUT2D eigenvalue weighted by molar-refractivity contribution is 0.0899. The first-order chi connectivity index (χ1) is 16.2. The van der Waals surface area contributed by atoms with Gasteiger partial charge in [0.15, 0.2) is 0 Å². The minimum absolute atomic E-state index is 0.159. The molecule has 10 nitrogen and oxygen atoms in total. The van der Waals surface area contributed by atoms with Gasteiger partial charge in [0.05, 0.1) is 17.9 Å². The third-order valence-corrected chi connectivity index (χ3v) is 7.98. The van der Waals surface area contributed by atoms with Gasteiger partial charge in [-0.15, -0.1) is 0 Å². The normalized spacial score (nSPS) is 16.3. The summed E-state index contributed by atoms with van der Waals surface area (Å²) in [6, 6.07) is 3.33. The maximum Gasteiger partial charge on any atom is 0.407 e. The molecule has 1 saturated heterocycles. The van der Waals surface area contributed by atoms with E-state index in [1.807, 2.05) is 33.9 Å². The molecule has 1 aliphatic heterocycles. The average Bonchev–Trinajstić information content (AvgIpc) is 3.44. The molecular formula is C23H35N7O3Si. The molecule has 1 N–H and O–H groups in total. The Morgan fingerprint density at radius 1 is 1.21 bits per heavy atom. The molecule has 4 heterocycles. The first-order valence-electron chi connectivity index (χ1n) is 11.8. The van der Waals surface area contributed by atoms with E-state index in [0.717, 1.165) is 54.6 Å². The number of hydrogen-bond donors (Lipinski definition) is 1. The minimum Gasteiger partial charge on any atom is -0.465 e. The topological polar surface area (TPSA) is 102 Å². The van der Waals surface area contributed by atoms with Crippen LogP contribution in [-0.4, -0.2) is 92.7 Å². The summed E-state index contributed by atoms with van der Waals surface area (Å²) in [6.45, 7) is 13.8. The number of aromatic nitrogens is 5. The molecule has 0 radical (unpaired) electrons. The van der Waals surface area contributed by atoms with Crippen molar-refractivity contribution in [1.29, 1.82) is 0 Å². The molecular weight excluding hydrogens is 450 g/mol. The Labute approximate surface area is 201 Å². The molecule has 184 valence electrons. The zero-order chi connectivity index (χ0) is 24.3. The fourth-order valence-electron chi connectivity index (χ4n) is 4.16. The average molecular weight is 486 g/mol. The summed E-state index contributed by atoms with van der Waals surface area (Å²) in [6.07, 6.45) is 6.64. The van der Waals surface area contributed by atoms with Gasteiger partial charge in [0, 0.05) is 70.7 Å². The molecule has 11 heteroatoms. The molecule has 1 amide bonds. The van der Waals surface area contributed by atoms with E-state index in [1.54, 1.807) is 6.33 Å². The van der Waals surface area contributed by atoms with Gasteiger partial charge < -0.3 is 19.3 Å². The van der Waals surface area contributed by atoms with Gasteiger partial charge in [0.25, 0.3) is 0 Å². The van der Waals surface area contributed by atoms with Crippen molar-refractivity contribution in [2.75, 3.05) is 39.3 Å². The summed E-state index contributed by atoms with van der Waals surface area (Å²) < 4.78 is 9.90.